The Bertz CT molecular complexity index is 675. The van der Waals surface area contributed by atoms with Crippen molar-refractivity contribution in [3.8, 4) is 6.07 Å². The van der Waals surface area contributed by atoms with Gasteiger partial charge in [0.05, 0.1) is 20.8 Å². The molecule has 0 aliphatic carbocycles. The number of nitriles is 1. The van der Waals surface area contributed by atoms with Crippen LogP contribution in [0.1, 0.15) is 30.5 Å². The van der Waals surface area contributed by atoms with E-state index in [9.17, 15) is 0 Å². The molecule has 1 aromatic carbocycles. The van der Waals surface area contributed by atoms with Gasteiger partial charge < -0.3 is 5.32 Å². The van der Waals surface area contributed by atoms with Crippen molar-refractivity contribution in [2.45, 2.75) is 28.8 Å². The molecular weight excluding hydrogens is 308 g/mol. The topological polar surface area (TPSA) is 35.8 Å². The fourth-order valence-electron chi connectivity index (χ4n) is 2.38. The molecule has 3 rings (SSSR count). The second-order valence-corrected chi connectivity index (χ2v) is 7.86. The molecule has 2 nitrogen and oxygen atoms in total. The number of nitrogens with zero attached hydrogens (tertiary/aromatic N) is 1. The van der Waals surface area contributed by atoms with Gasteiger partial charge in [0.1, 0.15) is 6.07 Å². The lowest BCUT2D eigenvalue weighted by molar-refractivity contribution is 0.670. The van der Waals surface area contributed by atoms with Crippen molar-refractivity contribution in [1.29, 1.82) is 5.26 Å². The van der Waals surface area contributed by atoms with Crippen LogP contribution < -0.4 is 5.32 Å². The van der Waals surface area contributed by atoms with E-state index in [1.54, 1.807) is 17.4 Å². The van der Waals surface area contributed by atoms with Crippen molar-refractivity contribution < 1.29 is 0 Å². The Hall–Kier alpha value is -1.15. The number of hydrogen-bond donors (Lipinski definition) is 1. The van der Waals surface area contributed by atoms with Gasteiger partial charge in [-0.25, -0.2) is 0 Å². The molecule has 0 amide bonds. The summed E-state index contributed by atoms with van der Waals surface area (Å²) in [7, 11) is 0. The van der Waals surface area contributed by atoms with E-state index in [0.717, 1.165) is 12.1 Å². The molecule has 2 heterocycles. The van der Waals surface area contributed by atoms with Crippen molar-refractivity contribution in [3.05, 3.63) is 45.8 Å². The highest BCUT2D eigenvalue weighted by molar-refractivity contribution is 8.01. The molecule has 0 spiro atoms. The third kappa shape index (κ3) is 2.67. The summed E-state index contributed by atoms with van der Waals surface area (Å²) >= 11 is 9.85. The van der Waals surface area contributed by atoms with Crippen molar-refractivity contribution in [2.24, 2.45) is 0 Å². The van der Waals surface area contributed by atoms with E-state index in [1.807, 2.05) is 23.9 Å². The van der Waals surface area contributed by atoms with Crippen LogP contribution in [-0.2, 0) is 0 Å². The number of thioether (sulfide) groups is 1. The van der Waals surface area contributed by atoms with E-state index in [-0.39, 0.29) is 0 Å². The first-order valence-corrected chi connectivity index (χ1v) is 8.51. The Morgan fingerprint density at radius 3 is 3.00 bits per heavy atom. The first-order chi connectivity index (χ1) is 9.67. The first kappa shape index (κ1) is 13.8. The summed E-state index contributed by atoms with van der Waals surface area (Å²) in [6, 6.07) is 10.1. The number of nitrogens with one attached hydrogen (secondary N) is 1. The summed E-state index contributed by atoms with van der Waals surface area (Å²) < 4.78 is 1.40. The zero-order valence-corrected chi connectivity index (χ0v) is 13.3. The Morgan fingerprint density at radius 1 is 1.40 bits per heavy atom. The van der Waals surface area contributed by atoms with Gasteiger partial charge in [-0.1, -0.05) is 18.5 Å². The summed E-state index contributed by atoms with van der Waals surface area (Å²) in [6.07, 6.45) is 1.09. The highest BCUT2D eigenvalue weighted by Gasteiger charge is 2.26. The third-order valence-electron chi connectivity index (χ3n) is 3.34. The van der Waals surface area contributed by atoms with Crippen LogP contribution in [0.3, 0.4) is 0 Å². The van der Waals surface area contributed by atoms with Crippen LogP contribution >= 0.6 is 34.7 Å². The van der Waals surface area contributed by atoms with Gasteiger partial charge in [0, 0.05) is 10.9 Å². The van der Waals surface area contributed by atoms with Gasteiger partial charge in [-0.2, -0.15) is 5.26 Å². The first-order valence-electron chi connectivity index (χ1n) is 6.37. The second-order valence-electron chi connectivity index (χ2n) is 4.83. The van der Waals surface area contributed by atoms with Crippen LogP contribution in [0.5, 0.6) is 0 Å². The monoisotopic (exact) mass is 320 g/mol. The van der Waals surface area contributed by atoms with Gasteiger partial charge in [0.2, 0.25) is 0 Å². The second kappa shape index (κ2) is 5.69. The SMILES string of the molecule is C[C@H]1CC(Nc2ccc(C#N)c(Cl)c2)c2ccsc2S1. The zero-order chi connectivity index (χ0) is 14.1. The zero-order valence-electron chi connectivity index (χ0n) is 10.9. The Labute approximate surface area is 131 Å². The number of thiophene rings is 1. The van der Waals surface area contributed by atoms with Crippen LogP contribution in [0.15, 0.2) is 33.9 Å². The van der Waals surface area contributed by atoms with Crippen molar-refractivity contribution in [2.75, 3.05) is 5.32 Å². The lowest BCUT2D eigenvalue weighted by atomic mass is 10.0. The van der Waals surface area contributed by atoms with E-state index in [4.69, 9.17) is 16.9 Å². The molecule has 1 N–H and O–H groups in total. The molecule has 0 bridgehead atoms. The van der Waals surface area contributed by atoms with Crippen LogP contribution in [0.2, 0.25) is 5.02 Å². The van der Waals surface area contributed by atoms with E-state index in [2.05, 4.69) is 29.8 Å². The van der Waals surface area contributed by atoms with E-state index in [0.29, 0.717) is 21.9 Å². The van der Waals surface area contributed by atoms with Crippen LogP contribution in [0.4, 0.5) is 5.69 Å². The summed E-state index contributed by atoms with van der Waals surface area (Å²) in [6.45, 7) is 2.26. The molecule has 102 valence electrons. The number of benzene rings is 1. The van der Waals surface area contributed by atoms with Crippen molar-refractivity contribution in [1.82, 2.24) is 0 Å². The van der Waals surface area contributed by atoms with Gasteiger partial charge in [-0.3, -0.25) is 0 Å². The molecule has 2 aromatic rings. The Morgan fingerprint density at radius 2 is 2.25 bits per heavy atom. The van der Waals surface area contributed by atoms with Crippen LogP contribution in [-0.4, -0.2) is 5.25 Å². The lowest BCUT2D eigenvalue weighted by Crippen LogP contribution is -2.18. The minimum atomic E-state index is 0.316. The minimum absolute atomic E-state index is 0.316. The van der Waals surface area contributed by atoms with Crippen LogP contribution in [0, 0.1) is 11.3 Å². The largest absolute Gasteiger partial charge is 0.378 e. The van der Waals surface area contributed by atoms with Crippen molar-refractivity contribution >= 4 is 40.4 Å². The highest BCUT2D eigenvalue weighted by atomic mass is 35.5. The Balaban J connectivity index is 1.86. The molecule has 20 heavy (non-hydrogen) atoms. The number of rotatable bonds is 2. The van der Waals surface area contributed by atoms with Gasteiger partial charge in [0.25, 0.3) is 0 Å². The van der Waals surface area contributed by atoms with Gasteiger partial charge >= 0.3 is 0 Å². The molecule has 1 aliphatic rings. The fraction of sp³-hybridized carbons (Fsp3) is 0.267. The fourth-order valence-corrected chi connectivity index (χ4v) is 5.17. The Kier molecular flexibility index (Phi) is 3.93. The maximum atomic E-state index is 8.91. The summed E-state index contributed by atoms with van der Waals surface area (Å²) in [5.41, 5.74) is 2.86. The van der Waals surface area contributed by atoms with Gasteiger partial charge in [-0.15, -0.1) is 23.1 Å². The average Bonchev–Trinajstić information content (AvgIpc) is 2.87. The number of hydrogen-bond acceptors (Lipinski definition) is 4. The summed E-state index contributed by atoms with van der Waals surface area (Å²) in [5, 5.41) is 15.7. The quantitative estimate of drug-likeness (QED) is 0.814. The normalized spacial score (nSPS) is 21.1. The third-order valence-corrected chi connectivity index (χ3v) is 6.00. The smallest absolute Gasteiger partial charge is 0.101 e. The lowest BCUT2D eigenvalue weighted by Gasteiger charge is -2.28. The predicted octanol–water partition coefficient (Wildman–Crippen LogP) is 5.31. The van der Waals surface area contributed by atoms with E-state index in [1.165, 1.54) is 9.77 Å². The molecule has 1 aliphatic heterocycles. The van der Waals surface area contributed by atoms with Gasteiger partial charge in [-0.05, 0) is 41.6 Å². The van der Waals surface area contributed by atoms with Crippen LogP contribution in [0.25, 0.3) is 0 Å². The number of fused-ring (bicyclic) bond motifs is 1. The summed E-state index contributed by atoms with van der Waals surface area (Å²) in [4.78, 5) is 0. The molecule has 1 unspecified atom stereocenters. The maximum Gasteiger partial charge on any atom is 0.101 e. The summed E-state index contributed by atoms with van der Waals surface area (Å²) in [5.74, 6) is 0. The van der Waals surface area contributed by atoms with E-state index < -0.39 is 0 Å². The molecule has 0 fully saturated rings. The molecule has 5 heteroatoms. The molecule has 0 saturated heterocycles. The molecule has 2 atom stereocenters. The minimum Gasteiger partial charge on any atom is -0.378 e. The van der Waals surface area contributed by atoms with E-state index >= 15 is 0 Å². The van der Waals surface area contributed by atoms with Gasteiger partial charge in [0.15, 0.2) is 0 Å². The molecular formula is C15H13ClN2S2. The standard InChI is InChI=1S/C15H13ClN2S2/c1-9-6-14(12-4-5-19-15(12)20-9)18-11-3-2-10(8-17)13(16)7-11/h2-5,7,9,14,18H,6H2,1H3/t9-,14?/m0/s1. The average molecular weight is 321 g/mol. The number of halogens is 1. The maximum absolute atomic E-state index is 8.91. The predicted molar refractivity (Wildman–Crippen MR) is 86.8 cm³/mol. The molecule has 1 aromatic heterocycles. The number of anilines is 1. The molecule has 0 radical (unpaired) electrons. The molecule has 0 saturated carbocycles. The highest BCUT2D eigenvalue weighted by Crippen LogP contribution is 2.45. The van der Waals surface area contributed by atoms with Crippen molar-refractivity contribution in [3.63, 3.8) is 0 Å².